The average Bonchev–Trinajstić information content (AvgIpc) is 2.62. The third-order valence-corrected chi connectivity index (χ3v) is 5.48. The summed E-state index contributed by atoms with van der Waals surface area (Å²) >= 11 is 0. The lowest BCUT2D eigenvalue weighted by Gasteiger charge is -2.35. The van der Waals surface area contributed by atoms with E-state index in [0.29, 0.717) is 6.42 Å². The Morgan fingerprint density at radius 3 is 2.50 bits per heavy atom. The molecule has 0 N–H and O–H groups in total. The minimum Gasteiger partial charge on any atom is -0.472 e. The van der Waals surface area contributed by atoms with Crippen LogP contribution in [0.1, 0.15) is 51.5 Å². The monoisotopic (exact) mass is 427 g/mol. The summed E-state index contributed by atoms with van der Waals surface area (Å²) in [5.41, 5.74) is -5.57. The zero-order valence-corrected chi connectivity index (χ0v) is 16.7. The molecule has 1 unspecified atom stereocenters. The number of benzene rings is 1. The Kier molecular flexibility index (Phi) is 7.55. The Labute approximate surface area is 162 Å². The van der Waals surface area contributed by atoms with Gasteiger partial charge < -0.3 is 8.92 Å². The van der Waals surface area contributed by atoms with Crippen LogP contribution >= 0.6 is 0 Å². The maximum atomic E-state index is 14.3. The molecule has 0 saturated heterocycles. The number of unbranched alkanes of at least 4 members (excludes halogenated alkanes) is 2. The Balaban J connectivity index is 2.25. The molecule has 2 rings (SSSR count). The summed E-state index contributed by atoms with van der Waals surface area (Å²) in [5, 5.41) is 0. The second kappa shape index (κ2) is 9.30. The average molecular weight is 427 g/mol. The molecule has 0 fully saturated rings. The van der Waals surface area contributed by atoms with E-state index in [4.69, 9.17) is 4.74 Å². The first-order valence-corrected chi connectivity index (χ1v) is 10.7. The number of nitrogens with zero attached hydrogens (tertiary/aromatic N) is 1. The van der Waals surface area contributed by atoms with Gasteiger partial charge >= 0.3 is 15.6 Å². The predicted octanol–water partition coefficient (Wildman–Crippen LogP) is 4.61. The molecule has 0 aromatic heterocycles. The summed E-state index contributed by atoms with van der Waals surface area (Å²) in [6.07, 6.45) is 4.04. The van der Waals surface area contributed by atoms with Gasteiger partial charge in [-0.3, -0.25) is 4.90 Å². The highest BCUT2D eigenvalue weighted by molar-refractivity contribution is 7.88. The normalized spacial score (nSPS) is 17.3. The smallest absolute Gasteiger partial charge is 0.472 e. The lowest BCUT2D eigenvalue weighted by atomic mass is 10.0. The van der Waals surface area contributed by atoms with E-state index in [9.17, 15) is 26.0 Å². The number of alkyl halides is 3. The number of fused-ring (bicyclic) bond motifs is 1. The minimum atomic E-state index is -5.84. The lowest BCUT2D eigenvalue weighted by molar-refractivity contribution is -0.0501. The van der Waals surface area contributed by atoms with Gasteiger partial charge in [-0.25, -0.2) is 4.39 Å². The number of rotatable bonds is 9. The quantitative estimate of drug-likeness (QED) is 0.249. The Morgan fingerprint density at radius 2 is 1.89 bits per heavy atom. The third-order valence-electron chi connectivity index (χ3n) is 4.51. The molecule has 1 aliphatic heterocycles. The maximum absolute atomic E-state index is 14.3. The van der Waals surface area contributed by atoms with Gasteiger partial charge in [0.2, 0.25) is 0 Å². The molecule has 10 heteroatoms. The van der Waals surface area contributed by atoms with Crippen LogP contribution in [0.4, 0.5) is 17.6 Å². The van der Waals surface area contributed by atoms with Gasteiger partial charge in [0.1, 0.15) is 5.75 Å². The molecule has 0 aliphatic carbocycles. The molecule has 0 radical (unpaired) electrons. The molecular formula is C18H25F4NO4S. The first kappa shape index (κ1) is 22.7. The summed E-state index contributed by atoms with van der Waals surface area (Å²) < 4.78 is 84.7. The van der Waals surface area contributed by atoms with Gasteiger partial charge in [0.15, 0.2) is 17.8 Å². The summed E-state index contributed by atoms with van der Waals surface area (Å²) in [6, 6.07) is 1.73. The van der Waals surface area contributed by atoms with Crippen molar-refractivity contribution in [2.24, 2.45) is 0 Å². The Hall–Kier alpha value is -1.55. The van der Waals surface area contributed by atoms with Crippen molar-refractivity contribution >= 4 is 10.1 Å². The molecule has 1 atom stereocenters. The van der Waals surface area contributed by atoms with Crippen LogP contribution in [0.2, 0.25) is 0 Å². The van der Waals surface area contributed by atoms with Gasteiger partial charge in [0.05, 0.1) is 0 Å². The third kappa shape index (κ3) is 5.28. The molecule has 0 amide bonds. The lowest BCUT2D eigenvalue weighted by Crippen LogP contribution is -2.43. The van der Waals surface area contributed by atoms with Gasteiger partial charge in [-0.05, 0) is 31.4 Å². The van der Waals surface area contributed by atoms with Crippen LogP contribution in [-0.2, 0) is 16.5 Å². The zero-order chi connectivity index (χ0) is 20.9. The van der Waals surface area contributed by atoms with Gasteiger partial charge in [-0.1, -0.05) is 26.7 Å². The number of hydrogen-bond donors (Lipinski definition) is 0. The molecule has 1 aromatic rings. The summed E-state index contributed by atoms with van der Waals surface area (Å²) in [4.78, 5) is 2.08. The highest BCUT2D eigenvalue weighted by Gasteiger charge is 2.49. The molecule has 0 bridgehead atoms. The van der Waals surface area contributed by atoms with Crippen molar-refractivity contribution < 1.29 is 34.9 Å². The van der Waals surface area contributed by atoms with Crippen LogP contribution in [0.3, 0.4) is 0 Å². The largest absolute Gasteiger partial charge is 0.534 e. The van der Waals surface area contributed by atoms with E-state index in [2.05, 4.69) is 16.0 Å². The Bertz CT molecular complexity index is 768. The SMILES string of the molecule is CCCCCN(CCC)C1CCc2c(OS(=O)(=O)C(F)(F)F)ccc(F)c2O1. The van der Waals surface area contributed by atoms with Crippen LogP contribution < -0.4 is 8.92 Å². The number of ether oxygens (including phenoxy) is 1. The highest BCUT2D eigenvalue weighted by Crippen LogP contribution is 2.39. The molecule has 28 heavy (non-hydrogen) atoms. The van der Waals surface area contributed by atoms with Crippen LogP contribution in [0.15, 0.2) is 12.1 Å². The first-order valence-electron chi connectivity index (χ1n) is 9.33. The van der Waals surface area contributed by atoms with E-state index in [1.807, 2.05) is 6.92 Å². The van der Waals surface area contributed by atoms with Crippen LogP contribution in [-0.4, -0.2) is 38.1 Å². The topological polar surface area (TPSA) is 55.8 Å². The molecule has 1 heterocycles. The molecule has 160 valence electrons. The van der Waals surface area contributed by atoms with Crippen molar-refractivity contribution in [2.75, 3.05) is 13.1 Å². The molecule has 5 nitrogen and oxygen atoms in total. The molecular weight excluding hydrogens is 402 g/mol. The van der Waals surface area contributed by atoms with E-state index < -0.39 is 33.4 Å². The highest BCUT2D eigenvalue weighted by atomic mass is 32.2. The van der Waals surface area contributed by atoms with Crippen molar-refractivity contribution in [3.05, 3.63) is 23.5 Å². The van der Waals surface area contributed by atoms with Crippen molar-refractivity contribution in [3.63, 3.8) is 0 Å². The molecule has 0 saturated carbocycles. The van der Waals surface area contributed by atoms with E-state index in [0.717, 1.165) is 50.9 Å². The van der Waals surface area contributed by atoms with E-state index in [1.165, 1.54) is 0 Å². The minimum absolute atomic E-state index is 0.00548. The van der Waals surface area contributed by atoms with Crippen LogP contribution in [0.25, 0.3) is 0 Å². The van der Waals surface area contributed by atoms with Gasteiger partial charge in [-0.2, -0.15) is 21.6 Å². The summed E-state index contributed by atoms with van der Waals surface area (Å²) in [7, 11) is -5.84. The van der Waals surface area contributed by atoms with Crippen molar-refractivity contribution in [3.8, 4) is 11.5 Å². The van der Waals surface area contributed by atoms with Crippen molar-refractivity contribution in [2.45, 2.75) is 64.1 Å². The number of halogens is 4. The zero-order valence-electron chi connectivity index (χ0n) is 15.9. The van der Waals surface area contributed by atoms with Gasteiger partial charge in [0.25, 0.3) is 0 Å². The maximum Gasteiger partial charge on any atom is 0.534 e. The van der Waals surface area contributed by atoms with E-state index >= 15 is 0 Å². The van der Waals surface area contributed by atoms with Gasteiger partial charge in [0, 0.05) is 25.1 Å². The molecule has 1 aromatic carbocycles. The second-order valence-electron chi connectivity index (χ2n) is 6.69. The fourth-order valence-corrected chi connectivity index (χ4v) is 3.65. The Morgan fingerprint density at radius 1 is 1.18 bits per heavy atom. The van der Waals surface area contributed by atoms with E-state index in [-0.39, 0.29) is 17.7 Å². The summed E-state index contributed by atoms with van der Waals surface area (Å²) in [5.74, 6) is -1.57. The fourth-order valence-electron chi connectivity index (χ4n) is 3.16. The fraction of sp³-hybridized carbons (Fsp3) is 0.667. The predicted molar refractivity (Wildman–Crippen MR) is 96.1 cm³/mol. The van der Waals surface area contributed by atoms with Gasteiger partial charge in [-0.15, -0.1) is 0 Å². The first-order chi connectivity index (χ1) is 13.1. The second-order valence-corrected chi connectivity index (χ2v) is 8.23. The summed E-state index contributed by atoms with van der Waals surface area (Å²) in [6.45, 7) is 5.60. The van der Waals surface area contributed by atoms with Crippen LogP contribution in [0.5, 0.6) is 11.5 Å². The van der Waals surface area contributed by atoms with Crippen molar-refractivity contribution in [1.82, 2.24) is 4.90 Å². The molecule has 1 aliphatic rings. The van der Waals surface area contributed by atoms with E-state index in [1.54, 1.807) is 0 Å². The van der Waals surface area contributed by atoms with Crippen LogP contribution in [0, 0.1) is 5.82 Å². The van der Waals surface area contributed by atoms with Crippen molar-refractivity contribution in [1.29, 1.82) is 0 Å². The number of hydrogen-bond acceptors (Lipinski definition) is 5. The molecule has 0 spiro atoms. The standard InChI is InChI=1S/C18H25F4NO4S/c1-3-5-6-12-23(11-4-2)16-10-7-13-15(9-8-14(19)17(13)26-16)27-28(24,25)18(20,21)22/h8-9,16H,3-7,10-12H2,1-2H3.